The SMILES string of the molecule is CC(C)N(C(=O)c1cc(F)ccc1Oc1cncnc1N1CC[C@@H](CN2CC3(CCC(NS(=O)(=O)O)CC3)C2)C1)C(C)C. The van der Waals surface area contributed by atoms with Crippen LogP contribution in [0.25, 0.3) is 0 Å². The first-order chi connectivity index (χ1) is 20.3. The van der Waals surface area contributed by atoms with Crippen molar-refractivity contribution in [2.45, 2.75) is 77.9 Å². The van der Waals surface area contributed by atoms with Gasteiger partial charge in [0.15, 0.2) is 11.6 Å². The van der Waals surface area contributed by atoms with Crippen LogP contribution in [0.15, 0.2) is 30.7 Å². The highest BCUT2D eigenvalue weighted by Crippen LogP contribution is 2.45. The molecule has 13 heteroatoms. The Labute approximate surface area is 253 Å². The van der Waals surface area contributed by atoms with Crippen LogP contribution < -0.4 is 14.4 Å². The molecule has 3 fully saturated rings. The summed E-state index contributed by atoms with van der Waals surface area (Å²) in [6.45, 7) is 12.3. The Hall–Kier alpha value is -2.87. The number of hydrogen-bond donors (Lipinski definition) is 2. The summed E-state index contributed by atoms with van der Waals surface area (Å²) in [5, 5.41) is 0. The molecule has 2 N–H and O–H groups in total. The maximum absolute atomic E-state index is 14.3. The molecule has 1 amide bonds. The Morgan fingerprint density at radius 3 is 2.51 bits per heavy atom. The molecule has 3 aliphatic rings. The van der Waals surface area contributed by atoms with E-state index in [2.05, 4.69) is 24.5 Å². The van der Waals surface area contributed by atoms with E-state index in [9.17, 15) is 17.6 Å². The molecular formula is C30H43FN6O5S. The average Bonchev–Trinajstić information content (AvgIpc) is 3.37. The van der Waals surface area contributed by atoms with E-state index in [0.717, 1.165) is 64.8 Å². The largest absolute Gasteiger partial charge is 0.451 e. The first-order valence-corrected chi connectivity index (χ1v) is 16.6. The van der Waals surface area contributed by atoms with Crippen LogP contribution in [0.4, 0.5) is 10.2 Å². The summed E-state index contributed by atoms with van der Waals surface area (Å²) in [5.41, 5.74) is 0.403. The maximum atomic E-state index is 14.3. The lowest BCUT2D eigenvalue weighted by atomic mass is 9.67. The fraction of sp³-hybridized carbons (Fsp3) is 0.633. The first kappa shape index (κ1) is 31.6. The second-order valence-electron chi connectivity index (χ2n) is 13.0. The number of anilines is 1. The van der Waals surface area contributed by atoms with Gasteiger partial charge in [0, 0.05) is 50.8 Å². The molecule has 2 saturated heterocycles. The molecule has 3 heterocycles. The topological polar surface area (TPSA) is 128 Å². The average molecular weight is 619 g/mol. The molecule has 2 aromatic rings. The van der Waals surface area contributed by atoms with Crippen molar-refractivity contribution in [3.8, 4) is 11.5 Å². The summed E-state index contributed by atoms with van der Waals surface area (Å²) >= 11 is 0. The van der Waals surface area contributed by atoms with E-state index < -0.39 is 16.1 Å². The highest BCUT2D eigenvalue weighted by molar-refractivity contribution is 7.83. The second-order valence-corrected chi connectivity index (χ2v) is 14.2. The highest BCUT2D eigenvalue weighted by Gasteiger charge is 2.46. The van der Waals surface area contributed by atoms with Gasteiger partial charge < -0.3 is 19.4 Å². The Morgan fingerprint density at radius 1 is 1.16 bits per heavy atom. The van der Waals surface area contributed by atoms with Gasteiger partial charge in [0.2, 0.25) is 0 Å². The van der Waals surface area contributed by atoms with Crippen molar-refractivity contribution in [1.82, 2.24) is 24.5 Å². The summed E-state index contributed by atoms with van der Waals surface area (Å²) in [4.78, 5) is 28.6. The molecule has 0 bridgehead atoms. The number of hydrogen-bond acceptors (Lipinski definition) is 8. The van der Waals surface area contributed by atoms with E-state index in [0.29, 0.717) is 17.5 Å². The smallest absolute Gasteiger partial charge is 0.333 e. The van der Waals surface area contributed by atoms with Crippen LogP contribution in [-0.4, -0.2) is 89.5 Å². The molecule has 1 aliphatic carbocycles. The van der Waals surface area contributed by atoms with Crippen LogP contribution in [0.5, 0.6) is 11.5 Å². The minimum atomic E-state index is -4.16. The fourth-order valence-electron chi connectivity index (χ4n) is 7.15. The number of ether oxygens (including phenoxy) is 1. The van der Waals surface area contributed by atoms with Crippen molar-refractivity contribution < 1.29 is 26.9 Å². The minimum Gasteiger partial charge on any atom is -0.451 e. The number of halogens is 1. The predicted molar refractivity (Wildman–Crippen MR) is 161 cm³/mol. The zero-order valence-corrected chi connectivity index (χ0v) is 26.2. The number of rotatable bonds is 10. The zero-order valence-electron chi connectivity index (χ0n) is 25.4. The standard InChI is InChI=1S/C30H43FN6O5S/c1-20(2)37(21(3)4)29(38)25-13-23(31)5-6-26(25)42-27-14-32-19-33-28(27)36-12-9-22(16-36)15-35-17-30(18-35)10-7-24(8-11-30)34-43(39,40)41/h5-6,13-14,19-22,24,34H,7-12,15-18H2,1-4H3,(H,39,40,41)/t22-/m0/s1. The molecule has 1 aromatic carbocycles. The Kier molecular flexibility index (Phi) is 9.26. The first-order valence-electron chi connectivity index (χ1n) is 15.1. The molecule has 11 nitrogen and oxygen atoms in total. The predicted octanol–water partition coefficient (Wildman–Crippen LogP) is 4.13. The summed E-state index contributed by atoms with van der Waals surface area (Å²) in [5.74, 6) is 0.973. The van der Waals surface area contributed by atoms with E-state index in [1.807, 2.05) is 27.7 Å². The number of nitrogens with zero attached hydrogens (tertiary/aromatic N) is 5. The number of likely N-dealkylation sites (tertiary alicyclic amines) is 1. The highest BCUT2D eigenvalue weighted by atomic mass is 32.2. The van der Waals surface area contributed by atoms with Crippen molar-refractivity contribution in [2.24, 2.45) is 11.3 Å². The Bertz CT molecular complexity index is 1400. The third-order valence-electron chi connectivity index (χ3n) is 8.98. The maximum Gasteiger partial charge on any atom is 0.333 e. The van der Waals surface area contributed by atoms with Gasteiger partial charge in [-0.25, -0.2) is 14.4 Å². The van der Waals surface area contributed by atoms with Crippen LogP contribution in [0, 0.1) is 17.2 Å². The molecule has 1 atom stereocenters. The summed E-state index contributed by atoms with van der Waals surface area (Å²) in [6, 6.07) is 3.67. The van der Waals surface area contributed by atoms with E-state index in [1.165, 1.54) is 24.5 Å². The van der Waals surface area contributed by atoms with Crippen LogP contribution in [-0.2, 0) is 10.3 Å². The number of aromatic nitrogens is 2. The number of nitrogens with one attached hydrogen (secondary N) is 1. The van der Waals surface area contributed by atoms with Gasteiger partial charge in [0.1, 0.15) is 17.9 Å². The third-order valence-corrected chi connectivity index (χ3v) is 9.61. The van der Waals surface area contributed by atoms with Gasteiger partial charge in [0.05, 0.1) is 11.8 Å². The lowest BCUT2D eigenvalue weighted by Crippen LogP contribution is -2.59. The van der Waals surface area contributed by atoms with Crippen LogP contribution in [0.3, 0.4) is 0 Å². The molecule has 1 aromatic heterocycles. The molecule has 5 rings (SSSR count). The van der Waals surface area contributed by atoms with Gasteiger partial charge >= 0.3 is 10.3 Å². The monoisotopic (exact) mass is 618 g/mol. The molecule has 0 radical (unpaired) electrons. The van der Waals surface area contributed by atoms with Gasteiger partial charge in [-0.05, 0) is 89.3 Å². The van der Waals surface area contributed by atoms with E-state index in [-0.39, 0.29) is 40.8 Å². The van der Waals surface area contributed by atoms with Crippen LogP contribution >= 0.6 is 0 Å². The van der Waals surface area contributed by atoms with Crippen LogP contribution in [0.2, 0.25) is 0 Å². The molecule has 43 heavy (non-hydrogen) atoms. The molecule has 236 valence electrons. The third kappa shape index (κ3) is 7.44. The lowest BCUT2D eigenvalue weighted by Gasteiger charge is -2.54. The second kappa shape index (κ2) is 12.6. The quantitative estimate of drug-likeness (QED) is 0.378. The van der Waals surface area contributed by atoms with Gasteiger partial charge in [-0.3, -0.25) is 9.35 Å². The number of carbonyl (C=O) groups is 1. The van der Waals surface area contributed by atoms with E-state index in [1.54, 1.807) is 11.1 Å². The van der Waals surface area contributed by atoms with E-state index >= 15 is 0 Å². The Balaban J connectivity index is 1.20. The number of benzene rings is 1. The molecule has 1 saturated carbocycles. The van der Waals surface area contributed by atoms with Crippen molar-refractivity contribution in [3.63, 3.8) is 0 Å². The zero-order chi connectivity index (χ0) is 30.9. The van der Waals surface area contributed by atoms with Gasteiger partial charge in [0.25, 0.3) is 5.91 Å². The summed E-state index contributed by atoms with van der Waals surface area (Å²) in [7, 11) is -4.16. The van der Waals surface area contributed by atoms with Gasteiger partial charge in [-0.15, -0.1) is 0 Å². The van der Waals surface area contributed by atoms with Gasteiger partial charge in [-0.2, -0.15) is 13.1 Å². The molecular weight excluding hydrogens is 575 g/mol. The minimum absolute atomic E-state index is 0.0702. The number of amides is 1. The van der Waals surface area contributed by atoms with Crippen molar-refractivity contribution in [3.05, 3.63) is 42.1 Å². The molecule has 0 unspecified atom stereocenters. The van der Waals surface area contributed by atoms with Crippen molar-refractivity contribution in [2.75, 3.05) is 37.6 Å². The van der Waals surface area contributed by atoms with Crippen molar-refractivity contribution >= 4 is 22.0 Å². The van der Waals surface area contributed by atoms with Crippen molar-refractivity contribution in [1.29, 1.82) is 0 Å². The number of carbonyl (C=O) groups excluding carboxylic acids is 1. The van der Waals surface area contributed by atoms with Gasteiger partial charge in [-0.1, -0.05) is 0 Å². The van der Waals surface area contributed by atoms with E-state index in [4.69, 9.17) is 9.29 Å². The Morgan fingerprint density at radius 2 is 1.86 bits per heavy atom. The lowest BCUT2D eigenvalue weighted by molar-refractivity contribution is -0.0387. The molecule has 1 spiro atoms. The molecule has 2 aliphatic heterocycles. The summed E-state index contributed by atoms with van der Waals surface area (Å²) < 4.78 is 54.3. The normalized spacial score (nSPS) is 21.0. The summed E-state index contributed by atoms with van der Waals surface area (Å²) in [6.07, 6.45) is 7.47. The fourth-order valence-corrected chi connectivity index (χ4v) is 7.80. The van der Waals surface area contributed by atoms with Crippen LogP contribution in [0.1, 0.15) is 70.2 Å².